The van der Waals surface area contributed by atoms with E-state index in [1.165, 1.54) is 11.1 Å². The minimum atomic E-state index is -0.157. The fraction of sp³-hybridized carbons (Fsp3) is 0.278. The molecular weight excluding hydrogens is 249 g/mol. The van der Waals surface area contributed by atoms with E-state index >= 15 is 0 Å². The molecule has 1 aliphatic heterocycles. The van der Waals surface area contributed by atoms with Crippen molar-refractivity contribution in [1.82, 2.24) is 4.90 Å². The van der Waals surface area contributed by atoms with Crippen LogP contribution in [0.15, 0.2) is 54.6 Å². The summed E-state index contributed by atoms with van der Waals surface area (Å²) in [4.78, 5) is 2.45. The molecule has 2 aromatic carbocycles. The second-order valence-corrected chi connectivity index (χ2v) is 5.40. The second-order valence-electron chi connectivity index (χ2n) is 5.40. The molecule has 1 radical (unpaired) electrons. The Balaban J connectivity index is 1.55. The van der Waals surface area contributed by atoms with Gasteiger partial charge in [-0.25, -0.2) is 4.39 Å². The summed E-state index contributed by atoms with van der Waals surface area (Å²) in [6.07, 6.45) is 3.46. The number of hydrogen-bond donors (Lipinski definition) is 0. The van der Waals surface area contributed by atoms with E-state index in [-0.39, 0.29) is 5.82 Å². The van der Waals surface area contributed by atoms with Crippen LogP contribution in [0.3, 0.4) is 0 Å². The minimum Gasteiger partial charge on any atom is -0.299 e. The van der Waals surface area contributed by atoms with Crippen LogP contribution in [-0.4, -0.2) is 18.0 Å². The van der Waals surface area contributed by atoms with E-state index in [0.717, 1.165) is 26.1 Å². The summed E-state index contributed by atoms with van der Waals surface area (Å²) in [7, 11) is 0. The van der Waals surface area contributed by atoms with Crippen molar-refractivity contribution in [3.8, 4) is 0 Å². The van der Waals surface area contributed by atoms with Gasteiger partial charge in [0.25, 0.3) is 0 Å². The zero-order valence-electron chi connectivity index (χ0n) is 11.5. The normalized spacial score (nSPS) is 17.2. The van der Waals surface area contributed by atoms with Crippen molar-refractivity contribution < 1.29 is 4.39 Å². The van der Waals surface area contributed by atoms with Gasteiger partial charge in [-0.15, -0.1) is 0 Å². The Labute approximate surface area is 120 Å². The lowest BCUT2D eigenvalue weighted by Gasteiger charge is -2.32. The van der Waals surface area contributed by atoms with E-state index in [2.05, 4.69) is 41.7 Å². The van der Waals surface area contributed by atoms with Crippen molar-refractivity contribution in [3.05, 3.63) is 78.0 Å². The van der Waals surface area contributed by atoms with Gasteiger partial charge in [-0.2, -0.15) is 0 Å². The summed E-state index contributed by atoms with van der Waals surface area (Å²) >= 11 is 0. The molecule has 1 heterocycles. The highest BCUT2D eigenvalue weighted by atomic mass is 19.1. The molecule has 0 aromatic heterocycles. The third-order valence-corrected chi connectivity index (χ3v) is 3.95. The third kappa shape index (κ3) is 3.26. The lowest BCUT2D eigenvalue weighted by molar-refractivity contribution is 0.242. The van der Waals surface area contributed by atoms with Crippen LogP contribution < -0.4 is 0 Å². The largest absolute Gasteiger partial charge is 0.299 e. The van der Waals surface area contributed by atoms with Crippen LogP contribution in [0.2, 0.25) is 0 Å². The van der Waals surface area contributed by atoms with Crippen LogP contribution in [0, 0.1) is 12.2 Å². The van der Waals surface area contributed by atoms with Crippen LogP contribution in [0.4, 0.5) is 4.39 Å². The van der Waals surface area contributed by atoms with Crippen LogP contribution in [0.5, 0.6) is 0 Å². The predicted octanol–water partition coefficient (Wildman–Crippen LogP) is 4.02. The highest BCUT2D eigenvalue weighted by Crippen LogP contribution is 2.27. The molecule has 1 aliphatic rings. The first kappa shape index (κ1) is 13.3. The Morgan fingerprint density at radius 2 is 1.75 bits per heavy atom. The zero-order chi connectivity index (χ0) is 13.8. The molecule has 103 valence electrons. The standard InChI is InChI=1S/C18H19FN/c19-18-8-6-16(7-9-18)17-10-12-20(13-11-17)14-15-4-2-1-3-5-15/h1-10,17H,11-14H2. The maximum absolute atomic E-state index is 12.9. The van der Waals surface area contributed by atoms with E-state index < -0.39 is 0 Å². The number of hydrogen-bond acceptors (Lipinski definition) is 1. The van der Waals surface area contributed by atoms with Crippen molar-refractivity contribution in [2.24, 2.45) is 0 Å². The molecule has 1 unspecified atom stereocenters. The molecule has 1 atom stereocenters. The minimum absolute atomic E-state index is 0.157. The van der Waals surface area contributed by atoms with Crippen LogP contribution >= 0.6 is 0 Å². The van der Waals surface area contributed by atoms with Crippen molar-refractivity contribution in [2.45, 2.75) is 18.9 Å². The Bertz CT molecular complexity index is 527. The molecular formula is C18H19FN. The molecule has 1 nitrogen and oxygen atoms in total. The Kier molecular flexibility index (Phi) is 4.12. The number of rotatable bonds is 3. The number of halogens is 1. The van der Waals surface area contributed by atoms with Gasteiger partial charge in [-0.1, -0.05) is 42.5 Å². The molecule has 0 saturated carbocycles. The zero-order valence-corrected chi connectivity index (χ0v) is 11.5. The highest BCUT2D eigenvalue weighted by Gasteiger charge is 2.20. The third-order valence-electron chi connectivity index (χ3n) is 3.95. The monoisotopic (exact) mass is 268 g/mol. The molecule has 0 bridgehead atoms. The van der Waals surface area contributed by atoms with Crippen LogP contribution in [0.1, 0.15) is 23.5 Å². The van der Waals surface area contributed by atoms with E-state index in [9.17, 15) is 4.39 Å². The Morgan fingerprint density at radius 1 is 1.00 bits per heavy atom. The summed E-state index contributed by atoms with van der Waals surface area (Å²) in [6, 6.07) is 17.5. The van der Waals surface area contributed by atoms with Gasteiger partial charge in [0, 0.05) is 13.1 Å². The maximum atomic E-state index is 12.9. The molecule has 2 aromatic rings. The van der Waals surface area contributed by atoms with Crippen molar-refractivity contribution in [3.63, 3.8) is 0 Å². The van der Waals surface area contributed by atoms with Crippen LogP contribution in [0.25, 0.3) is 0 Å². The maximum Gasteiger partial charge on any atom is 0.123 e. The van der Waals surface area contributed by atoms with Gasteiger partial charge >= 0.3 is 0 Å². The molecule has 0 N–H and O–H groups in total. The fourth-order valence-corrected chi connectivity index (χ4v) is 2.81. The molecule has 3 rings (SSSR count). The first-order valence-corrected chi connectivity index (χ1v) is 7.16. The molecule has 20 heavy (non-hydrogen) atoms. The Hall–Kier alpha value is -1.67. The van der Waals surface area contributed by atoms with Crippen molar-refractivity contribution in [1.29, 1.82) is 0 Å². The molecule has 0 amide bonds. The molecule has 1 fully saturated rings. The van der Waals surface area contributed by atoms with E-state index in [4.69, 9.17) is 0 Å². The lowest BCUT2D eigenvalue weighted by Crippen LogP contribution is -2.32. The second kappa shape index (κ2) is 6.19. The van der Waals surface area contributed by atoms with Gasteiger partial charge in [-0.3, -0.25) is 4.90 Å². The molecule has 2 heteroatoms. The topological polar surface area (TPSA) is 3.24 Å². The van der Waals surface area contributed by atoms with E-state index in [1.54, 1.807) is 12.1 Å². The van der Waals surface area contributed by atoms with Crippen molar-refractivity contribution >= 4 is 0 Å². The number of likely N-dealkylation sites (tertiary alicyclic amines) is 1. The molecule has 0 aliphatic carbocycles. The molecule has 0 spiro atoms. The Morgan fingerprint density at radius 3 is 2.40 bits per heavy atom. The fourth-order valence-electron chi connectivity index (χ4n) is 2.81. The van der Waals surface area contributed by atoms with Gasteiger partial charge < -0.3 is 0 Å². The van der Waals surface area contributed by atoms with Gasteiger partial charge in [0.2, 0.25) is 0 Å². The first-order valence-electron chi connectivity index (χ1n) is 7.16. The number of piperidine rings is 1. The summed E-state index contributed by atoms with van der Waals surface area (Å²) in [5, 5.41) is 0. The van der Waals surface area contributed by atoms with Crippen LogP contribution in [-0.2, 0) is 6.54 Å². The summed E-state index contributed by atoms with van der Waals surface area (Å²) in [6.45, 7) is 3.10. The quantitative estimate of drug-likeness (QED) is 0.812. The van der Waals surface area contributed by atoms with Crippen molar-refractivity contribution in [2.75, 3.05) is 13.1 Å². The first-order chi connectivity index (χ1) is 9.81. The van der Waals surface area contributed by atoms with Gasteiger partial charge in [0.1, 0.15) is 5.82 Å². The highest BCUT2D eigenvalue weighted by molar-refractivity contribution is 5.24. The number of benzene rings is 2. The van der Waals surface area contributed by atoms with Gasteiger partial charge in [0.05, 0.1) is 0 Å². The van der Waals surface area contributed by atoms with E-state index in [1.807, 2.05) is 12.1 Å². The smallest absolute Gasteiger partial charge is 0.123 e. The predicted molar refractivity (Wildman–Crippen MR) is 79.8 cm³/mol. The summed E-state index contributed by atoms with van der Waals surface area (Å²) < 4.78 is 12.9. The van der Waals surface area contributed by atoms with E-state index in [0.29, 0.717) is 5.92 Å². The number of nitrogens with zero attached hydrogens (tertiary/aromatic N) is 1. The summed E-state index contributed by atoms with van der Waals surface area (Å²) in [5.74, 6) is 0.304. The molecule has 1 saturated heterocycles. The van der Waals surface area contributed by atoms with Gasteiger partial charge in [-0.05, 0) is 48.6 Å². The SMILES string of the molecule is Fc1ccc(C2[CH]CN(Cc3ccccc3)CC2)cc1. The average Bonchev–Trinajstić information content (AvgIpc) is 2.50. The van der Waals surface area contributed by atoms with Gasteiger partial charge in [0.15, 0.2) is 0 Å². The lowest BCUT2D eigenvalue weighted by atomic mass is 9.89. The average molecular weight is 268 g/mol. The summed E-state index contributed by atoms with van der Waals surface area (Å²) in [5.41, 5.74) is 2.59.